The predicted molar refractivity (Wildman–Crippen MR) is 108 cm³/mol. The molecular weight excluding hydrogens is 361 g/mol. The number of amides is 1. The number of halogens is 1. The Balaban J connectivity index is 1.93. The molecule has 1 atom stereocenters. The third kappa shape index (κ3) is 2.90. The van der Waals surface area contributed by atoms with E-state index >= 15 is 0 Å². The molecule has 6 heteroatoms. The van der Waals surface area contributed by atoms with E-state index in [2.05, 4.69) is 23.2 Å². The summed E-state index contributed by atoms with van der Waals surface area (Å²) in [6.07, 6.45) is 0.252. The lowest BCUT2D eigenvalue weighted by atomic mass is 9.85. The van der Waals surface area contributed by atoms with Gasteiger partial charge in [-0.25, -0.2) is 9.38 Å². The van der Waals surface area contributed by atoms with Crippen LogP contribution in [0, 0.1) is 12.7 Å². The quantitative estimate of drug-likeness (QED) is 0.715. The van der Waals surface area contributed by atoms with Gasteiger partial charge in [-0.2, -0.15) is 0 Å². The fraction of sp³-hybridized carbons (Fsp3) is 0.238. The summed E-state index contributed by atoms with van der Waals surface area (Å²) >= 11 is 1.65. The molecule has 0 radical (unpaired) electrons. The first kappa shape index (κ1) is 17.7. The molecule has 0 saturated heterocycles. The van der Waals surface area contributed by atoms with Crippen molar-refractivity contribution in [1.29, 1.82) is 0 Å². The topological polar surface area (TPSA) is 58.7 Å². The van der Waals surface area contributed by atoms with Crippen molar-refractivity contribution in [3.63, 3.8) is 0 Å². The summed E-state index contributed by atoms with van der Waals surface area (Å²) in [6, 6.07) is 11.3. The van der Waals surface area contributed by atoms with Crippen LogP contribution in [0.15, 0.2) is 46.8 Å². The highest BCUT2D eigenvalue weighted by molar-refractivity contribution is 7.17. The number of rotatable bonds is 2. The predicted octanol–water partition coefficient (Wildman–Crippen LogP) is 4.41. The van der Waals surface area contributed by atoms with Crippen molar-refractivity contribution in [2.75, 3.05) is 7.05 Å². The van der Waals surface area contributed by atoms with Crippen LogP contribution in [0.3, 0.4) is 0 Å². The minimum atomic E-state index is -0.729. The maximum atomic E-state index is 13.8. The van der Waals surface area contributed by atoms with Crippen molar-refractivity contribution in [3.8, 4) is 11.1 Å². The Hall–Kier alpha value is -2.73. The fourth-order valence-corrected chi connectivity index (χ4v) is 4.41. The number of thiophene rings is 1. The van der Waals surface area contributed by atoms with Gasteiger partial charge in [0.05, 0.1) is 12.0 Å². The third-order valence-corrected chi connectivity index (χ3v) is 6.18. The van der Waals surface area contributed by atoms with Crippen molar-refractivity contribution < 1.29 is 9.18 Å². The standard InChI is InChI=1S/C21H20FN3OS/c1-12-8-13(4-5-17(12)22)16-10-15(9-14-6-7-27-19(14)16)21(2)11-18(26)25(3)20(23)24-21/h4-10H,11H2,1-3H3,(H2,23,24)/t21-/m0/s1. The second-order valence-corrected chi connectivity index (χ2v) is 8.12. The molecule has 0 bridgehead atoms. The van der Waals surface area contributed by atoms with E-state index in [0.29, 0.717) is 5.56 Å². The van der Waals surface area contributed by atoms with Crippen LogP contribution in [-0.2, 0) is 10.3 Å². The highest BCUT2D eigenvalue weighted by Gasteiger charge is 2.36. The van der Waals surface area contributed by atoms with E-state index in [1.165, 1.54) is 11.0 Å². The molecule has 4 nitrogen and oxygen atoms in total. The van der Waals surface area contributed by atoms with Gasteiger partial charge in [0.1, 0.15) is 5.82 Å². The van der Waals surface area contributed by atoms with Gasteiger partial charge >= 0.3 is 0 Å². The molecule has 2 N–H and O–H groups in total. The van der Waals surface area contributed by atoms with Gasteiger partial charge in [-0.15, -0.1) is 11.3 Å². The lowest BCUT2D eigenvalue weighted by Gasteiger charge is -2.34. The maximum Gasteiger partial charge on any atom is 0.231 e. The molecule has 0 fully saturated rings. The van der Waals surface area contributed by atoms with E-state index < -0.39 is 5.54 Å². The number of nitrogens with two attached hydrogens (primary N) is 1. The summed E-state index contributed by atoms with van der Waals surface area (Å²) in [6.45, 7) is 3.69. The maximum absolute atomic E-state index is 13.8. The summed E-state index contributed by atoms with van der Waals surface area (Å²) in [4.78, 5) is 18.4. The van der Waals surface area contributed by atoms with Crippen LogP contribution in [-0.4, -0.2) is 23.8 Å². The number of carbonyl (C=O) groups is 1. The SMILES string of the molecule is Cc1cc(-c2cc([C@]3(C)CC(=O)N(C)C(N)=N3)cc3ccsc23)ccc1F. The average molecular weight is 381 g/mol. The van der Waals surface area contributed by atoms with E-state index in [9.17, 15) is 9.18 Å². The smallest absolute Gasteiger partial charge is 0.231 e. The van der Waals surface area contributed by atoms with E-state index in [1.807, 2.05) is 18.4 Å². The molecule has 2 aromatic carbocycles. The summed E-state index contributed by atoms with van der Waals surface area (Å²) in [5, 5.41) is 3.12. The number of hydrogen-bond donors (Lipinski definition) is 1. The number of benzene rings is 2. The first-order valence-corrected chi connectivity index (χ1v) is 9.56. The Morgan fingerprint density at radius 1 is 1.26 bits per heavy atom. The number of guanidine groups is 1. The zero-order chi connectivity index (χ0) is 19.3. The zero-order valence-electron chi connectivity index (χ0n) is 15.4. The number of nitrogens with zero attached hydrogens (tertiary/aromatic N) is 2. The van der Waals surface area contributed by atoms with E-state index in [-0.39, 0.29) is 24.1 Å². The molecule has 0 spiro atoms. The Bertz CT molecular complexity index is 1100. The van der Waals surface area contributed by atoms with E-state index in [4.69, 9.17) is 5.73 Å². The summed E-state index contributed by atoms with van der Waals surface area (Å²) in [5.74, 6) is -0.0597. The first-order chi connectivity index (χ1) is 12.8. The van der Waals surface area contributed by atoms with Crippen LogP contribution < -0.4 is 5.73 Å². The molecule has 1 amide bonds. The normalized spacial score (nSPS) is 20.2. The van der Waals surface area contributed by atoms with Gasteiger partial charge in [-0.3, -0.25) is 9.69 Å². The fourth-order valence-electron chi connectivity index (χ4n) is 3.49. The molecule has 27 heavy (non-hydrogen) atoms. The van der Waals surface area contributed by atoms with E-state index in [0.717, 1.165) is 26.8 Å². The second kappa shape index (κ2) is 6.16. The molecule has 138 valence electrons. The second-order valence-electron chi connectivity index (χ2n) is 7.20. The van der Waals surface area contributed by atoms with Gasteiger partial charge in [0.15, 0.2) is 5.96 Å². The molecule has 0 unspecified atom stereocenters. The lowest BCUT2D eigenvalue weighted by Crippen LogP contribution is -2.47. The number of fused-ring (bicyclic) bond motifs is 1. The average Bonchev–Trinajstić information content (AvgIpc) is 3.10. The number of aryl methyl sites for hydroxylation is 1. The Kier molecular flexibility index (Phi) is 4.03. The van der Waals surface area contributed by atoms with Crippen molar-refractivity contribution in [2.24, 2.45) is 10.7 Å². The Labute approximate surface area is 161 Å². The minimum absolute atomic E-state index is 0.0606. The van der Waals surface area contributed by atoms with Crippen molar-refractivity contribution >= 4 is 33.3 Å². The number of aliphatic imine (C=N–C) groups is 1. The van der Waals surface area contributed by atoms with Crippen LogP contribution >= 0.6 is 11.3 Å². The molecule has 1 aliphatic heterocycles. The van der Waals surface area contributed by atoms with Crippen LogP contribution in [0.1, 0.15) is 24.5 Å². The van der Waals surface area contributed by atoms with Gasteiger partial charge < -0.3 is 5.73 Å². The molecule has 4 rings (SSSR count). The lowest BCUT2D eigenvalue weighted by molar-refractivity contribution is -0.128. The van der Waals surface area contributed by atoms with Crippen molar-refractivity contribution in [3.05, 3.63) is 58.7 Å². The van der Waals surface area contributed by atoms with Gasteiger partial charge in [-0.05, 0) is 77.2 Å². The molecule has 2 heterocycles. The van der Waals surface area contributed by atoms with E-state index in [1.54, 1.807) is 31.4 Å². The van der Waals surface area contributed by atoms with Gasteiger partial charge in [0.25, 0.3) is 0 Å². The molecule has 0 aliphatic carbocycles. The molecule has 1 aromatic heterocycles. The third-order valence-electron chi connectivity index (χ3n) is 5.22. The highest BCUT2D eigenvalue weighted by Crippen LogP contribution is 2.40. The van der Waals surface area contributed by atoms with Crippen molar-refractivity contribution in [1.82, 2.24) is 4.90 Å². The summed E-state index contributed by atoms with van der Waals surface area (Å²) in [5.41, 5.74) is 8.74. The van der Waals surface area contributed by atoms with Crippen molar-refractivity contribution in [2.45, 2.75) is 25.8 Å². The summed E-state index contributed by atoms with van der Waals surface area (Å²) < 4.78 is 14.9. The molecular formula is C21H20FN3OS. The number of hydrogen-bond acceptors (Lipinski definition) is 4. The molecule has 3 aromatic rings. The molecule has 0 saturated carbocycles. The largest absolute Gasteiger partial charge is 0.369 e. The Morgan fingerprint density at radius 3 is 2.74 bits per heavy atom. The van der Waals surface area contributed by atoms with Gasteiger partial charge in [-0.1, -0.05) is 6.07 Å². The zero-order valence-corrected chi connectivity index (χ0v) is 16.2. The highest BCUT2D eigenvalue weighted by atomic mass is 32.1. The van der Waals surface area contributed by atoms with Crippen LogP contribution in [0.2, 0.25) is 0 Å². The first-order valence-electron chi connectivity index (χ1n) is 8.69. The van der Waals surface area contributed by atoms with Gasteiger partial charge in [0, 0.05) is 11.7 Å². The molecule has 1 aliphatic rings. The minimum Gasteiger partial charge on any atom is -0.369 e. The Morgan fingerprint density at radius 2 is 2.04 bits per heavy atom. The van der Waals surface area contributed by atoms with Crippen LogP contribution in [0.25, 0.3) is 21.2 Å². The summed E-state index contributed by atoms with van der Waals surface area (Å²) in [7, 11) is 1.63. The van der Waals surface area contributed by atoms with Gasteiger partial charge in [0.2, 0.25) is 5.91 Å². The van der Waals surface area contributed by atoms with Crippen LogP contribution in [0.5, 0.6) is 0 Å². The monoisotopic (exact) mass is 381 g/mol. The van der Waals surface area contributed by atoms with Crippen LogP contribution in [0.4, 0.5) is 4.39 Å². The number of carbonyl (C=O) groups excluding carboxylic acids is 1.